The molecule has 1 N–H and O–H groups in total. The van der Waals surface area contributed by atoms with E-state index in [1.807, 2.05) is 74.5 Å². The molecular formula is C25H19ClI2N2O2. The van der Waals surface area contributed by atoms with Gasteiger partial charge >= 0.3 is 0 Å². The summed E-state index contributed by atoms with van der Waals surface area (Å²) in [4.78, 5) is 12.7. The molecule has 0 aromatic heterocycles. The minimum atomic E-state index is -0.440. The fraction of sp³-hybridized carbons (Fsp3) is 0.120. The van der Waals surface area contributed by atoms with Crippen molar-refractivity contribution in [3.05, 3.63) is 94.6 Å². The average molecular weight is 669 g/mol. The molecule has 0 heterocycles. The number of amides is 1. The van der Waals surface area contributed by atoms with E-state index >= 15 is 0 Å². The van der Waals surface area contributed by atoms with Crippen LogP contribution in [0, 0.1) is 32.3 Å². The molecule has 4 nitrogen and oxygen atoms in total. The summed E-state index contributed by atoms with van der Waals surface area (Å²) in [6.45, 7) is 4.22. The molecule has 0 atom stereocenters. The molecule has 0 aliphatic carbocycles. The van der Waals surface area contributed by atoms with Gasteiger partial charge in [0.25, 0.3) is 5.91 Å². The molecule has 0 unspecified atom stereocenters. The Hall–Kier alpha value is -2.09. The van der Waals surface area contributed by atoms with Crippen molar-refractivity contribution in [3.63, 3.8) is 0 Å². The summed E-state index contributed by atoms with van der Waals surface area (Å²) in [6, 6.07) is 19.1. The highest BCUT2D eigenvalue weighted by Gasteiger charge is 2.14. The van der Waals surface area contributed by atoms with Crippen LogP contribution in [-0.4, -0.2) is 5.91 Å². The van der Waals surface area contributed by atoms with Crippen LogP contribution in [-0.2, 0) is 11.4 Å². The number of anilines is 1. The van der Waals surface area contributed by atoms with E-state index in [-0.39, 0.29) is 5.57 Å². The molecule has 0 bridgehead atoms. The number of hydrogen-bond acceptors (Lipinski definition) is 3. The van der Waals surface area contributed by atoms with E-state index in [2.05, 4.69) is 50.5 Å². The first-order valence-electron chi connectivity index (χ1n) is 9.64. The van der Waals surface area contributed by atoms with E-state index in [0.29, 0.717) is 17.3 Å². The quantitative estimate of drug-likeness (QED) is 0.171. The van der Waals surface area contributed by atoms with Crippen LogP contribution < -0.4 is 10.1 Å². The minimum absolute atomic E-state index is 0.0299. The van der Waals surface area contributed by atoms with E-state index in [1.165, 1.54) is 0 Å². The number of benzene rings is 3. The molecule has 0 aliphatic rings. The summed E-state index contributed by atoms with van der Waals surface area (Å²) >= 11 is 10.6. The maximum Gasteiger partial charge on any atom is 0.266 e. The van der Waals surface area contributed by atoms with Gasteiger partial charge in [-0.15, -0.1) is 0 Å². The highest BCUT2D eigenvalue weighted by molar-refractivity contribution is 14.1. The fourth-order valence-corrected chi connectivity index (χ4v) is 5.26. The SMILES string of the molecule is Cc1ccc(C)c(NC(=O)/C(C#N)=C/c2cc(I)c(OCc3ccccc3Cl)c(I)c2)c1. The van der Waals surface area contributed by atoms with Gasteiger partial charge in [0.1, 0.15) is 24.0 Å². The Morgan fingerprint density at radius 3 is 2.47 bits per heavy atom. The van der Waals surface area contributed by atoms with E-state index < -0.39 is 5.91 Å². The van der Waals surface area contributed by atoms with Gasteiger partial charge in [0, 0.05) is 16.3 Å². The predicted octanol–water partition coefficient (Wildman–Crippen LogP) is 7.29. The fourth-order valence-electron chi connectivity index (χ4n) is 2.94. The van der Waals surface area contributed by atoms with Gasteiger partial charge in [-0.2, -0.15) is 5.26 Å². The zero-order valence-electron chi connectivity index (χ0n) is 17.4. The van der Waals surface area contributed by atoms with E-state index in [0.717, 1.165) is 35.1 Å². The zero-order chi connectivity index (χ0) is 23.3. The topological polar surface area (TPSA) is 62.1 Å². The summed E-state index contributed by atoms with van der Waals surface area (Å²) in [6.07, 6.45) is 1.59. The van der Waals surface area contributed by atoms with Gasteiger partial charge in [-0.25, -0.2) is 0 Å². The Kier molecular flexibility index (Phi) is 8.57. The van der Waals surface area contributed by atoms with Crippen LogP contribution in [0.1, 0.15) is 22.3 Å². The molecule has 162 valence electrons. The lowest BCUT2D eigenvalue weighted by molar-refractivity contribution is -0.112. The van der Waals surface area contributed by atoms with Crippen LogP contribution in [0.4, 0.5) is 5.69 Å². The van der Waals surface area contributed by atoms with Crippen LogP contribution in [0.15, 0.2) is 60.2 Å². The van der Waals surface area contributed by atoms with Crippen LogP contribution in [0.25, 0.3) is 6.08 Å². The number of hydrogen-bond donors (Lipinski definition) is 1. The van der Waals surface area contributed by atoms with Crippen molar-refractivity contribution in [1.82, 2.24) is 0 Å². The number of nitrogens with zero attached hydrogens (tertiary/aromatic N) is 1. The minimum Gasteiger partial charge on any atom is -0.487 e. The van der Waals surface area contributed by atoms with Crippen LogP contribution in [0.5, 0.6) is 5.75 Å². The first kappa shape index (κ1) is 24.6. The summed E-state index contributed by atoms with van der Waals surface area (Å²) < 4.78 is 7.76. The Balaban J connectivity index is 1.80. The molecular weight excluding hydrogens is 650 g/mol. The third kappa shape index (κ3) is 6.24. The molecule has 0 saturated heterocycles. The van der Waals surface area contributed by atoms with Crippen molar-refractivity contribution < 1.29 is 9.53 Å². The van der Waals surface area contributed by atoms with Crippen molar-refractivity contribution >= 4 is 74.5 Å². The van der Waals surface area contributed by atoms with Crippen molar-refractivity contribution in [2.24, 2.45) is 0 Å². The average Bonchev–Trinajstić information content (AvgIpc) is 2.75. The van der Waals surface area contributed by atoms with Gasteiger partial charge in [-0.3, -0.25) is 4.79 Å². The standard InChI is InChI=1S/C25H19ClI2N2O2/c1-15-7-8-16(2)23(9-15)30-25(31)19(13-29)10-17-11-21(27)24(22(28)12-17)32-14-18-5-3-4-6-20(18)26/h3-12H,14H2,1-2H3,(H,30,31)/b19-10+. The normalized spacial score (nSPS) is 11.1. The Bertz CT molecular complexity index is 1230. The van der Waals surface area contributed by atoms with Crippen LogP contribution >= 0.6 is 56.8 Å². The second-order valence-electron chi connectivity index (χ2n) is 7.14. The maximum absolute atomic E-state index is 12.7. The number of halogens is 3. The lowest BCUT2D eigenvalue weighted by Gasteiger charge is -2.13. The highest BCUT2D eigenvalue weighted by Crippen LogP contribution is 2.31. The Morgan fingerprint density at radius 2 is 1.81 bits per heavy atom. The van der Waals surface area contributed by atoms with Gasteiger partial charge in [0.15, 0.2) is 0 Å². The number of carbonyl (C=O) groups is 1. The van der Waals surface area contributed by atoms with Crippen molar-refractivity contribution in [2.45, 2.75) is 20.5 Å². The first-order chi connectivity index (χ1) is 15.3. The van der Waals surface area contributed by atoms with E-state index in [9.17, 15) is 10.1 Å². The summed E-state index contributed by atoms with van der Waals surface area (Å²) in [7, 11) is 0. The van der Waals surface area contributed by atoms with E-state index in [4.69, 9.17) is 16.3 Å². The number of ether oxygens (including phenoxy) is 1. The lowest BCUT2D eigenvalue weighted by atomic mass is 10.1. The van der Waals surface area contributed by atoms with Crippen LogP contribution in [0.3, 0.4) is 0 Å². The second-order valence-corrected chi connectivity index (χ2v) is 9.87. The van der Waals surface area contributed by atoms with Crippen molar-refractivity contribution in [2.75, 3.05) is 5.32 Å². The van der Waals surface area contributed by atoms with Crippen LogP contribution in [0.2, 0.25) is 5.02 Å². The molecule has 0 fully saturated rings. The molecule has 3 aromatic carbocycles. The predicted molar refractivity (Wildman–Crippen MR) is 146 cm³/mol. The molecule has 0 saturated carbocycles. The first-order valence-corrected chi connectivity index (χ1v) is 12.2. The molecule has 32 heavy (non-hydrogen) atoms. The number of nitrogens with one attached hydrogen (secondary N) is 1. The van der Waals surface area contributed by atoms with Gasteiger partial charge in [0.05, 0.1) is 7.14 Å². The number of carbonyl (C=O) groups excluding carboxylic acids is 1. The van der Waals surface area contributed by atoms with Crippen molar-refractivity contribution in [1.29, 1.82) is 5.26 Å². The molecule has 7 heteroatoms. The van der Waals surface area contributed by atoms with E-state index in [1.54, 1.807) is 6.08 Å². The van der Waals surface area contributed by atoms with Gasteiger partial charge in [-0.05, 0) is 106 Å². The highest BCUT2D eigenvalue weighted by atomic mass is 127. The third-order valence-electron chi connectivity index (χ3n) is 4.67. The monoisotopic (exact) mass is 668 g/mol. The second kappa shape index (κ2) is 11.2. The number of rotatable bonds is 6. The van der Waals surface area contributed by atoms with Gasteiger partial charge in [-0.1, -0.05) is 41.9 Å². The number of nitriles is 1. The smallest absolute Gasteiger partial charge is 0.266 e. The van der Waals surface area contributed by atoms with Crippen molar-refractivity contribution in [3.8, 4) is 11.8 Å². The third-order valence-corrected chi connectivity index (χ3v) is 6.64. The maximum atomic E-state index is 12.7. The Labute approximate surface area is 219 Å². The zero-order valence-corrected chi connectivity index (χ0v) is 22.4. The summed E-state index contributed by atoms with van der Waals surface area (Å²) in [5.41, 5.74) is 4.34. The van der Waals surface area contributed by atoms with Gasteiger partial charge in [0.2, 0.25) is 0 Å². The molecule has 3 aromatic rings. The lowest BCUT2D eigenvalue weighted by Crippen LogP contribution is -2.14. The largest absolute Gasteiger partial charge is 0.487 e. The van der Waals surface area contributed by atoms with Gasteiger partial charge < -0.3 is 10.1 Å². The molecule has 3 rings (SSSR count). The Morgan fingerprint density at radius 1 is 1.12 bits per heavy atom. The summed E-state index contributed by atoms with van der Waals surface area (Å²) in [5, 5.41) is 13.1. The molecule has 0 aliphatic heterocycles. The molecule has 0 radical (unpaired) electrons. The summed E-state index contributed by atoms with van der Waals surface area (Å²) in [5.74, 6) is 0.298. The molecule has 1 amide bonds. The molecule has 0 spiro atoms. The number of aryl methyl sites for hydroxylation is 2.